The largest absolute Gasteiger partial charge is 0.405 e. The fraction of sp³-hybridized carbons (Fsp3) is 0.500. The average molecular weight is 422 g/mol. The Kier molecular flexibility index (Phi) is 7.63. The van der Waals surface area contributed by atoms with E-state index in [2.05, 4.69) is 4.74 Å². The summed E-state index contributed by atoms with van der Waals surface area (Å²) in [6, 6.07) is 3.49. The summed E-state index contributed by atoms with van der Waals surface area (Å²) >= 11 is 0. The van der Waals surface area contributed by atoms with Crippen LogP contribution in [0.4, 0.5) is 26.3 Å². The second-order valence-corrected chi connectivity index (χ2v) is 7.21. The molecule has 0 aromatic heterocycles. The van der Waals surface area contributed by atoms with E-state index >= 15 is 0 Å². The zero-order valence-corrected chi connectivity index (χ0v) is 14.7. The maximum Gasteiger partial charge on any atom is 0.405 e. The van der Waals surface area contributed by atoms with Crippen LogP contribution in [-0.4, -0.2) is 64.3 Å². The van der Waals surface area contributed by atoms with Gasteiger partial charge in [0.2, 0.25) is 10.0 Å². The van der Waals surface area contributed by atoms with Crippen LogP contribution >= 0.6 is 0 Å². The molecule has 0 fully saturated rings. The Balaban J connectivity index is 3.00. The number of amides is 1. The van der Waals surface area contributed by atoms with E-state index in [9.17, 15) is 39.6 Å². The summed E-state index contributed by atoms with van der Waals surface area (Å²) in [5.41, 5.74) is -0.280. The maximum atomic E-state index is 12.6. The monoisotopic (exact) mass is 422 g/mol. The highest BCUT2D eigenvalue weighted by Gasteiger charge is 2.37. The molecule has 1 amide bonds. The fourth-order valence-corrected chi connectivity index (χ4v) is 3.30. The van der Waals surface area contributed by atoms with Gasteiger partial charge < -0.3 is 10.1 Å². The summed E-state index contributed by atoms with van der Waals surface area (Å²) in [6.45, 7) is -4.17. The van der Waals surface area contributed by atoms with Gasteiger partial charge in [0.1, 0.15) is 13.1 Å². The van der Waals surface area contributed by atoms with Crippen molar-refractivity contribution in [3.63, 3.8) is 0 Å². The van der Waals surface area contributed by atoms with Crippen LogP contribution in [0, 0.1) is 0 Å². The lowest BCUT2D eigenvalue weighted by atomic mass is 10.2. The first-order chi connectivity index (χ1) is 12.3. The third kappa shape index (κ3) is 7.72. The van der Waals surface area contributed by atoms with Crippen molar-refractivity contribution >= 4 is 15.9 Å². The number of ether oxygens (including phenoxy) is 1. The molecule has 1 N–H and O–H groups in total. The van der Waals surface area contributed by atoms with E-state index in [4.69, 9.17) is 0 Å². The maximum absolute atomic E-state index is 12.6. The van der Waals surface area contributed by atoms with E-state index in [-0.39, 0.29) is 16.5 Å². The molecule has 1 rings (SSSR count). The van der Waals surface area contributed by atoms with Gasteiger partial charge in [-0.3, -0.25) is 4.79 Å². The van der Waals surface area contributed by atoms with Crippen LogP contribution in [0.15, 0.2) is 29.2 Å². The summed E-state index contributed by atoms with van der Waals surface area (Å²) in [6.07, 6.45) is -9.42. The molecule has 0 aliphatic rings. The number of methoxy groups -OCH3 is 1. The molecule has 0 spiro atoms. The number of carbonyl (C=O) groups excluding carboxylic acids is 1. The number of hydrogen-bond donors (Lipinski definition) is 1. The minimum absolute atomic E-state index is 0.162. The summed E-state index contributed by atoms with van der Waals surface area (Å²) < 4.78 is 104. The van der Waals surface area contributed by atoms with Crippen molar-refractivity contribution in [3.8, 4) is 0 Å². The second-order valence-electron chi connectivity index (χ2n) is 5.27. The number of sulfonamides is 1. The van der Waals surface area contributed by atoms with Crippen LogP contribution in [0.5, 0.6) is 0 Å². The topological polar surface area (TPSA) is 75.7 Å². The molecular weight excluding hydrogens is 406 g/mol. The van der Waals surface area contributed by atoms with Crippen molar-refractivity contribution < 1.29 is 44.3 Å². The van der Waals surface area contributed by atoms with E-state index in [1.54, 1.807) is 5.32 Å². The summed E-state index contributed by atoms with van der Waals surface area (Å²) in [5.74, 6) is -1.11. The van der Waals surface area contributed by atoms with E-state index < -0.39 is 52.8 Å². The number of alkyl halides is 6. The first-order valence-corrected chi connectivity index (χ1v) is 8.71. The predicted octanol–water partition coefficient (Wildman–Crippen LogP) is 2.18. The van der Waals surface area contributed by atoms with Crippen LogP contribution in [0.25, 0.3) is 0 Å². The second kappa shape index (κ2) is 8.89. The molecular formula is C14H16F6N2O4S. The van der Waals surface area contributed by atoms with E-state index in [1.807, 2.05) is 0 Å². The Morgan fingerprint density at radius 2 is 1.63 bits per heavy atom. The summed E-state index contributed by atoms with van der Waals surface area (Å²) in [7, 11) is -3.38. The Bertz CT molecular complexity index is 731. The van der Waals surface area contributed by atoms with Crippen LogP contribution in [0.3, 0.4) is 0 Å². The van der Waals surface area contributed by atoms with Crippen molar-refractivity contribution in [3.05, 3.63) is 29.8 Å². The van der Waals surface area contributed by atoms with Gasteiger partial charge in [0, 0.05) is 19.2 Å². The van der Waals surface area contributed by atoms with Crippen LogP contribution in [-0.2, 0) is 14.8 Å². The average Bonchev–Trinajstić information content (AvgIpc) is 2.54. The lowest BCUT2D eigenvalue weighted by Gasteiger charge is -2.23. The number of nitrogens with zero attached hydrogens (tertiary/aromatic N) is 1. The number of carbonyl (C=O) groups is 1. The Hall–Kier alpha value is -1.86. The van der Waals surface area contributed by atoms with Gasteiger partial charge in [0.05, 0.1) is 11.5 Å². The van der Waals surface area contributed by atoms with E-state index in [1.165, 1.54) is 7.11 Å². The molecule has 27 heavy (non-hydrogen) atoms. The molecule has 1 aromatic carbocycles. The molecule has 0 aliphatic carbocycles. The molecule has 0 radical (unpaired) electrons. The van der Waals surface area contributed by atoms with Gasteiger partial charge in [-0.1, -0.05) is 0 Å². The van der Waals surface area contributed by atoms with Gasteiger partial charge in [0.15, 0.2) is 0 Å². The molecule has 0 saturated carbocycles. The molecule has 0 bridgehead atoms. The molecule has 154 valence electrons. The van der Waals surface area contributed by atoms with Gasteiger partial charge in [-0.15, -0.1) is 0 Å². The number of rotatable bonds is 8. The lowest BCUT2D eigenvalue weighted by molar-refractivity contribution is -0.136. The molecule has 0 atom stereocenters. The van der Waals surface area contributed by atoms with Crippen molar-refractivity contribution in [2.24, 2.45) is 0 Å². The Morgan fingerprint density at radius 3 is 2.07 bits per heavy atom. The number of benzene rings is 1. The van der Waals surface area contributed by atoms with Gasteiger partial charge in [-0.25, -0.2) is 8.42 Å². The van der Waals surface area contributed by atoms with Crippen LogP contribution < -0.4 is 5.32 Å². The van der Waals surface area contributed by atoms with E-state index in [0.29, 0.717) is 0 Å². The SMILES string of the molecule is COCCN(CC(F)(F)F)S(=O)(=O)c1ccc(C(=O)NCC(F)(F)F)cc1. The summed E-state index contributed by atoms with van der Waals surface area (Å²) in [5, 5.41) is 1.59. The van der Waals surface area contributed by atoms with Crippen molar-refractivity contribution in [2.75, 3.05) is 33.4 Å². The minimum Gasteiger partial charge on any atom is -0.383 e. The smallest absolute Gasteiger partial charge is 0.383 e. The normalized spacial score (nSPS) is 13.0. The highest BCUT2D eigenvalue weighted by Crippen LogP contribution is 2.23. The number of nitrogens with one attached hydrogen (secondary N) is 1. The third-order valence-electron chi connectivity index (χ3n) is 3.10. The van der Waals surface area contributed by atoms with Crippen molar-refractivity contribution in [2.45, 2.75) is 17.2 Å². The standard InChI is InChI=1S/C14H16F6N2O4S/c1-26-7-6-22(9-14(18,19)20)27(24,25)11-4-2-10(3-5-11)12(23)21-8-13(15,16)17/h2-5H,6-9H2,1H3,(H,21,23). The van der Waals surface area contributed by atoms with Crippen molar-refractivity contribution in [1.29, 1.82) is 0 Å². The van der Waals surface area contributed by atoms with Gasteiger partial charge >= 0.3 is 12.4 Å². The number of halogens is 6. The van der Waals surface area contributed by atoms with Crippen molar-refractivity contribution in [1.82, 2.24) is 9.62 Å². The quantitative estimate of drug-likeness (QED) is 0.652. The lowest BCUT2D eigenvalue weighted by Crippen LogP contribution is -2.40. The van der Waals surface area contributed by atoms with Crippen LogP contribution in [0.2, 0.25) is 0 Å². The molecule has 0 heterocycles. The van der Waals surface area contributed by atoms with Gasteiger partial charge in [-0.05, 0) is 24.3 Å². The molecule has 0 unspecified atom stereocenters. The Morgan fingerprint density at radius 1 is 1.07 bits per heavy atom. The molecule has 13 heteroatoms. The Labute approximate surface area is 151 Å². The predicted molar refractivity (Wildman–Crippen MR) is 81.5 cm³/mol. The summed E-state index contributed by atoms with van der Waals surface area (Å²) in [4.78, 5) is 11.0. The first-order valence-electron chi connectivity index (χ1n) is 7.27. The highest BCUT2D eigenvalue weighted by atomic mass is 32.2. The van der Waals surface area contributed by atoms with Crippen LogP contribution in [0.1, 0.15) is 10.4 Å². The highest BCUT2D eigenvalue weighted by molar-refractivity contribution is 7.89. The van der Waals surface area contributed by atoms with E-state index in [0.717, 1.165) is 24.3 Å². The zero-order valence-electron chi connectivity index (χ0n) is 13.9. The molecule has 1 aromatic rings. The minimum atomic E-state index is -4.79. The molecule has 0 saturated heterocycles. The number of hydrogen-bond acceptors (Lipinski definition) is 4. The first kappa shape index (κ1) is 23.2. The third-order valence-corrected chi connectivity index (χ3v) is 4.96. The van der Waals surface area contributed by atoms with Gasteiger partial charge in [0.25, 0.3) is 5.91 Å². The van der Waals surface area contributed by atoms with Gasteiger partial charge in [-0.2, -0.15) is 30.6 Å². The zero-order chi connectivity index (χ0) is 20.9. The molecule has 0 aliphatic heterocycles. The fourth-order valence-electron chi connectivity index (χ4n) is 1.89. The molecule has 6 nitrogen and oxygen atoms in total.